The first kappa shape index (κ1) is 17.5. The van der Waals surface area contributed by atoms with Crippen LogP contribution in [0.25, 0.3) is 11.1 Å². The molecule has 0 aliphatic rings. The van der Waals surface area contributed by atoms with Gasteiger partial charge >= 0.3 is 0 Å². The van der Waals surface area contributed by atoms with Crippen molar-refractivity contribution in [3.63, 3.8) is 0 Å². The Balaban J connectivity index is 1.98. The Labute approximate surface area is 150 Å². The Kier molecular flexibility index (Phi) is 4.62. The van der Waals surface area contributed by atoms with Crippen molar-refractivity contribution in [3.05, 3.63) is 64.2 Å². The molecule has 26 heavy (non-hydrogen) atoms. The number of carbonyl (C=O) groups is 1. The number of aromatic nitrogens is 3. The van der Waals surface area contributed by atoms with Crippen LogP contribution in [0.5, 0.6) is 5.75 Å². The van der Waals surface area contributed by atoms with Crippen LogP contribution in [-0.4, -0.2) is 27.4 Å². The second-order valence-corrected chi connectivity index (χ2v) is 5.98. The standard InChI is InChI=1S/C19H20N4O3/c1-12-17(13-5-8-15(26-4)9-6-13)18(23(3)21-12)20-19(25)14-7-10-16(24)22(2)11-14/h5-11H,1-4H3,(H,20,25). The maximum atomic E-state index is 12.6. The molecule has 2 aromatic heterocycles. The van der Waals surface area contributed by atoms with E-state index in [1.54, 1.807) is 25.9 Å². The summed E-state index contributed by atoms with van der Waals surface area (Å²) in [7, 11) is 5.00. The van der Waals surface area contributed by atoms with Crippen LogP contribution in [0.3, 0.4) is 0 Å². The molecule has 0 aliphatic carbocycles. The van der Waals surface area contributed by atoms with E-state index >= 15 is 0 Å². The predicted octanol–water partition coefficient (Wildman–Crippen LogP) is 2.36. The fraction of sp³-hybridized carbons (Fsp3) is 0.211. The lowest BCUT2D eigenvalue weighted by Gasteiger charge is -2.10. The average Bonchev–Trinajstić information content (AvgIpc) is 2.90. The zero-order chi connectivity index (χ0) is 18.8. The quantitative estimate of drug-likeness (QED) is 0.782. The van der Waals surface area contributed by atoms with Gasteiger partial charge in [-0.3, -0.25) is 14.3 Å². The van der Waals surface area contributed by atoms with Crippen molar-refractivity contribution in [2.45, 2.75) is 6.92 Å². The van der Waals surface area contributed by atoms with Gasteiger partial charge in [-0.2, -0.15) is 5.10 Å². The maximum Gasteiger partial charge on any atom is 0.258 e. The van der Waals surface area contributed by atoms with E-state index in [-0.39, 0.29) is 11.5 Å². The number of nitrogens with zero attached hydrogens (tertiary/aromatic N) is 3. The highest BCUT2D eigenvalue weighted by molar-refractivity contribution is 6.05. The molecule has 0 spiro atoms. The van der Waals surface area contributed by atoms with E-state index in [9.17, 15) is 9.59 Å². The highest BCUT2D eigenvalue weighted by Crippen LogP contribution is 2.32. The van der Waals surface area contributed by atoms with Gasteiger partial charge in [-0.05, 0) is 30.7 Å². The molecule has 0 atom stereocenters. The summed E-state index contributed by atoms with van der Waals surface area (Å²) in [6.07, 6.45) is 1.51. The summed E-state index contributed by atoms with van der Waals surface area (Å²) in [4.78, 5) is 24.1. The third-order valence-electron chi connectivity index (χ3n) is 4.18. The minimum Gasteiger partial charge on any atom is -0.497 e. The number of hydrogen-bond acceptors (Lipinski definition) is 4. The minimum absolute atomic E-state index is 0.170. The summed E-state index contributed by atoms with van der Waals surface area (Å²) in [5.74, 6) is 1.04. The summed E-state index contributed by atoms with van der Waals surface area (Å²) in [5, 5.41) is 7.33. The number of carbonyl (C=O) groups excluding carboxylic acids is 1. The Hall–Kier alpha value is -3.35. The molecule has 3 rings (SSSR count). The Morgan fingerprint density at radius 1 is 1.12 bits per heavy atom. The van der Waals surface area contributed by atoms with Gasteiger partial charge < -0.3 is 14.6 Å². The SMILES string of the molecule is COc1ccc(-c2c(C)nn(C)c2NC(=O)c2ccc(=O)n(C)c2)cc1. The maximum absolute atomic E-state index is 12.6. The normalized spacial score (nSPS) is 10.6. The largest absolute Gasteiger partial charge is 0.497 e. The van der Waals surface area contributed by atoms with Crippen molar-refractivity contribution >= 4 is 11.7 Å². The Bertz CT molecular complexity index is 1020. The van der Waals surface area contributed by atoms with Crippen LogP contribution in [0.15, 0.2) is 47.4 Å². The van der Waals surface area contributed by atoms with Gasteiger partial charge in [0.1, 0.15) is 11.6 Å². The van der Waals surface area contributed by atoms with Gasteiger partial charge in [0, 0.05) is 31.9 Å². The predicted molar refractivity (Wildman–Crippen MR) is 99.6 cm³/mol. The molecular formula is C19H20N4O3. The summed E-state index contributed by atoms with van der Waals surface area (Å²) < 4.78 is 8.20. The number of hydrogen-bond donors (Lipinski definition) is 1. The first-order chi connectivity index (χ1) is 12.4. The molecule has 1 amide bonds. The van der Waals surface area contributed by atoms with Crippen LogP contribution >= 0.6 is 0 Å². The lowest BCUT2D eigenvalue weighted by molar-refractivity contribution is 0.102. The number of aryl methyl sites for hydroxylation is 3. The third kappa shape index (κ3) is 3.23. The van der Waals surface area contributed by atoms with Gasteiger partial charge in [-0.25, -0.2) is 0 Å². The average molecular weight is 352 g/mol. The Morgan fingerprint density at radius 3 is 2.42 bits per heavy atom. The van der Waals surface area contributed by atoms with E-state index in [0.717, 1.165) is 22.6 Å². The van der Waals surface area contributed by atoms with Crippen molar-refractivity contribution in [1.29, 1.82) is 0 Å². The number of pyridine rings is 1. The smallest absolute Gasteiger partial charge is 0.258 e. The summed E-state index contributed by atoms with van der Waals surface area (Å²) in [6, 6.07) is 10.4. The first-order valence-electron chi connectivity index (χ1n) is 8.06. The van der Waals surface area contributed by atoms with Gasteiger partial charge in [-0.1, -0.05) is 12.1 Å². The third-order valence-corrected chi connectivity index (χ3v) is 4.18. The highest BCUT2D eigenvalue weighted by atomic mass is 16.5. The summed E-state index contributed by atoms with van der Waals surface area (Å²) in [6.45, 7) is 1.89. The highest BCUT2D eigenvalue weighted by Gasteiger charge is 2.18. The van der Waals surface area contributed by atoms with Crippen molar-refractivity contribution in [1.82, 2.24) is 14.3 Å². The summed E-state index contributed by atoms with van der Waals surface area (Å²) in [5.41, 5.74) is 2.79. The van der Waals surface area contributed by atoms with Gasteiger partial charge in [0.25, 0.3) is 5.91 Å². The number of rotatable bonds is 4. The van der Waals surface area contributed by atoms with Crippen molar-refractivity contribution in [2.75, 3.05) is 12.4 Å². The molecular weight excluding hydrogens is 332 g/mol. The molecule has 0 radical (unpaired) electrons. The van der Waals surface area contributed by atoms with E-state index in [2.05, 4.69) is 10.4 Å². The number of nitrogens with one attached hydrogen (secondary N) is 1. The van der Waals surface area contributed by atoms with E-state index < -0.39 is 0 Å². The molecule has 7 heteroatoms. The van der Waals surface area contributed by atoms with Crippen LogP contribution < -0.4 is 15.6 Å². The second-order valence-electron chi connectivity index (χ2n) is 5.98. The zero-order valence-corrected chi connectivity index (χ0v) is 15.1. The molecule has 1 N–H and O–H groups in total. The molecule has 2 heterocycles. The number of anilines is 1. The van der Waals surface area contributed by atoms with Crippen LogP contribution in [0.4, 0.5) is 5.82 Å². The second kappa shape index (κ2) is 6.87. The van der Waals surface area contributed by atoms with Gasteiger partial charge in [0.15, 0.2) is 0 Å². The molecule has 0 saturated heterocycles. The number of ether oxygens (including phenoxy) is 1. The molecule has 0 saturated carbocycles. The Morgan fingerprint density at radius 2 is 1.81 bits per heavy atom. The first-order valence-corrected chi connectivity index (χ1v) is 8.06. The molecule has 0 fully saturated rings. The van der Waals surface area contributed by atoms with Gasteiger partial charge in [0.05, 0.1) is 18.4 Å². The minimum atomic E-state index is -0.307. The van der Waals surface area contributed by atoms with Gasteiger partial charge in [0.2, 0.25) is 5.56 Å². The monoisotopic (exact) mass is 352 g/mol. The molecule has 1 aromatic carbocycles. The van der Waals surface area contributed by atoms with Gasteiger partial charge in [-0.15, -0.1) is 0 Å². The van der Waals surface area contributed by atoms with Crippen molar-refractivity contribution in [2.24, 2.45) is 14.1 Å². The fourth-order valence-corrected chi connectivity index (χ4v) is 2.81. The lowest BCUT2D eigenvalue weighted by Crippen LogP contribution is -2.20. The molecule has 3 aromatic rings. The van der Waals surface area contributed by atoms with Crippen molar-refractivity contribution in [3.8, 4) is 16.9 Å². The van der Waals surface area contributed by atoms with E-state index in [4.69, 9.17) is 4.74 Å². The van der Waals surface area contributed by atoms with E-state index in [1.807, 2.05) is 31.2 Å². The van der Waals surface area contributed by atoms with Crippen LogP contribution in [-0.2, 0) is 14.1 Å². The number of amides is 1. The number of methoxy groups -OCH3 is 1. The van der Waals surface area contributed by atoms with Crippen molar-refractivity contribution < 1.29 is 9.53 Å². The van der Waals surface area contributed by atoms with Crippen LogP contribution in [0.2, 0.25) is 0 Å². The summed E-state index contributed by atoms with van der Waals surface area (Å²) >= 11 is 0. The molecule has 134 valence electrons. The fourth-order valence-electron chi connectivity index (χ4n) is 2.81. The van der Waals surface area contributed by atoms with E-state index in [0.29, 0.717) is 11.4 Å². The molecule has 0 aliphatic heterocycles. The van der Waals surface area contributed by atoms with E-state index in [1.165, 1.54) is 22.9 Å². The zero-order valence-electron chi connectivity index (χ0n) is 15.1. The lowest BCUT2D eigenvalue weighted by atomic mass is 10.1. The van der Waals surface area contributed by atoms with Crippen LogP contribution in [0, 0.1) is 6.92 Å². The number of benzene rings is 1. The molecule has 7 nitrogen and oxygen atoms in total. The molecule has 0 bridgehead atoms. The molecule has 0 unspecified atom stereocenters. The topological polar surface area (TPSA) is 78.2 Å². The van der Waals surface area contributed by atoms with Crippen LogP contribution in [0.1, 0.15) is 16.1 Å².